The van der Waals surface area contributed by atoms with Crippen molar-refractivity contribution in [2.24, 2.45) is 0 Å². The van der Waals surface area contributed by atoms with Crippen molar-refractivity contribution >= 4 is 23.3 Å². The molecule has 0 unspecified atom stereocenters. The minimum absolute atomic E-state index is 0.00869. The second-order valence-electron chi connectivity index (χ2n) is 8.59. The number of anilines is 2. The number of rotatable bonds is 8. The summed E-state index contributed by atoms with van der Waals surface area (Å²) in [5, 5.41) is 3.00. The smallest absolute Gasteiger partial charge is 0.260 e. The van der Waals surface area contributed by atoms with Crippen LogP contribution in [0.3, 0.4) is 0 Å². The molecule has 1 saturated heterocycles. The highest BCUT2D eigenvalue weighted by Crippen LogP contribution is 2.22. The number of benzene rings is 2. The number of hydrogen-bond donors (Lipinski definition) is 1. The lowest BCUT2D eigenvalue weighted by Crippen LogP contribution is -2.38. The van der Waals surface area contributed by atoms with E-state index in [1.807, 2.05) is 84.6 Å². The van der Waals surface area contributed by atoms with E-state index < -0.39 is 0 Å². The van der Waals surface area contributed by atoms with Crippen LogP contribution in [0.4, 0.5) is 11.5 Å². The molecule has 0 spiro atoms. The van der Waals surface area contributed by atoms with Crippen LogP contribution in [-0.4, -0.2) is 54.5 Å². The maximum absolute atomic E-state index is 12.8. The first kappa shape index (κ1) is 24.3. The average Bonchev–Trinajstić information content (AvgIpc) is 3.16. The molecule has 35 heavy (non-hydrogen) atoms. The predicted molar refractivity (Wildman–Crippen MR) is 138 cm³/mol. The summed E-state index contributed by atoms with van der Waals surface area (Å²) in [5.41, 5.74) is 1.69. The molecule has 0 bridgehead atoms. The molecule has 4 rings (SSSR count). The first-order valence-corrected chi connectivity index (χ1v) is 12.2. The number of amides is 2. The fourth-order valence-corrected chi connectivity index (χ4v) is 4.28. The van der Waals surface area contributed by atoms with Gasteiger partial charge in [-0.05, 0) is 42.7 Å². The summed E-state index contributed by atoms with van der Waals surface area (Å²) < 4.78 is 5.62. The number of carbonyl (C=O) groups is 2. The van der Waals surface area contributed by atoms with E-state index in [0.717, 1.165) is 30.8 Å². The zero-order valence-electron chi connectivity index (χ0n) is 20.1. The summed E-state index contributed by atoms with van der Waals surface area (Å²) in [6, 6.07) is 23.0. The number of carbonyl (C=O) groups excluding carboxylic acids is 2. The Balaban J connectivity index is 1.29. The Morgan fingerprint density at radius 3 is 2.37 bits per heavy atom. The molecule has 7 nitrogen and oxygen atoms in total. The Kier molecular flexibility index (Phi) is 8.33. The van der Waals surface area contributed by atoms with Crippen LogP contribution in [0.25, 0.3) is 0 Å². The second-order valence-corrected chi connectivity index (χ2v) is 8.59. The van der Waals surface area contributed by atoms with Gasteiger partial charge in [-0.3, -0.25) is 9.59 Å². The molecule has 2 heterocycles. The van der Waals surface area contributed by atoms with Crippen molar-refractivity contribution in [1.29, 1.82) is 0 Å². The van der Waals surface area contributed by atoms with Crippen LogP contribution in [0, 0.1) is 0 Å². The standard InChI is InChI=1S/C28H32N4O3/c1-2-25(22-10-5-3-6-11-22)28(34)30-23-14-15-26(29-20-23)31-16-9-17-32(19-18-31)27(33)21-35-24-12-7-4-8-13-24/h3-8,10-15,20,25H,2,9,16-19,21H2,1H3,(H,30,34)/t25-/m0/s1. The van der Waals surface area contributed by atoms with Crippen LogP contribution in [0.5, 0.6) is 5.75 Å². The quantitative estimate of drug-likeness (QED) is 0.528. The van der Waals surface area contributed by atoms with Crippen molar-refractivity contribution in [2.75, 3.05) is 43.0 Å². The molecule has 1 atom stereocenters. The van der Waals surface area contributed by atoms with Crippen molar-refractivity contribution in [3.05, 3.63) is 84.6 Å². The summed E-state index contributed by atoms with van der Waals surface area (Å²) in [6.07, 6.45) is 3.28. The Bertz CT molecular complexity index is 1090. The predicted octanol–water partition coefficient (Wildman–Crippen LogP) is 4.33. The molecule has 182 valence electrons. The largest absolute Gasteiger partial charge is 0.484 e. The van der Waals surface area contributed by atoms with Gasteiger partial charge in [-0.25, -0.2) is 4.98 Å². The molecule has 7 heteroatoms. The molecular formula is C28H32N4O3. The third-order valence-corrected chi connectivity index (χ3v) is 6.22. The third-order valence-electron chi connectivity index (χ3n) is 6.22. The molecule has 1 N–H and O–H groups in total. The fraction of sp³-hybridized carbons (Fsp3) is 0.321. The molecule has 0 radical (unpaired) electrons. The minimum Gasteiger partial charge on any atom is -0.484 e. The molecular weight excluding hydrogens is 440 g/mol. The van der Waals surface area contributed by atoms with Crippen LogP contribution in [0.1, 0.15) is 31.2 Å². The third kappa shape index (κ3) is 6.59. The molecule has 1 aliphatic rings. The molecule has 2 aromatic carbocycles. The molecule has 3 aromatic rings. The Hall–Kier alpha value is -3.87. The van der Waals surface area contributed by atoms with Gasteiger partial charge >= 0.3 is 0 Å². The number of nitrogens with zero attached hydrogens (tertiary/aromatic N) is 3. The number of nitrogens with one attached hydrogen (secondary N) is 1. The number of aromatic nitrogens is 1. The van der Waals surface area contributed by atoms with Gasteiger partial charge in [0, 0.05) is 26.2 Å². The Labute approximate surface area is 206 Å². The molecule has 0 saturated carbocycles. The molecule has 1 fully saturated rings. The van der Waals surface area contributed by atoms with Crippen molar-refractivity contribution in [3.63, 3.8) is 0 Å². The minimum atomic E-state index is -0.198. The van der Waals surface area contributed by atoms with Gasteiger partial charge in [-0.1, -0.05) is 55.5 Å². The number of para-hydroxylation sites is 1. The molecule has 0 aliphatic carbocycles. The maximum Gasteiger partial charge on any atom is 0.260 e. The molecule has 1 aromatic heterocycles. The van der Waals surface area contributed by atoms with Crippen molar-refractivity contribution in [2.45, 2.75) is 25.7 Å². The monoisotopic (exact) mass is 472 g/mol. The number of pyridine rings is 1. The molecule has 2 amide bonds. The van der Waals surface area contributed by atoms with Gasteiger partial charge in [-0.2, -0.15) is 0 Å². The van der Waals surface area contributed by atoms with Crippen molar-refractivity contribution < 1.29 is 14.3 Å². The number of hydrogen-bond acceptors (Lipinski definition) is 5. The van der Waals surface area contributed by atoms with Gasteiger partial charge < -0.3 is 19.9 Å². The highest BCUT2D eigenvalue weighted by atomic mass is 16.5. The normalized spacial score (nSPS) is 14.7. The first-order valence-electron chi connectivity index (χ1n) is 12.2. The lowest BCUT2D eigenvalue weighted by Gasteiger charge is -2.23. The van der Waals surface area contributed by atoms with Gasteiger partial charge in [0.05, 0.1) is 17.8 Å². The highest BCUT2D eigenvalue weighted by molar-refractivity contribution is 5.95. The first-order chi connectivity index (χ1) is 17.1. The van der Waals surface area contributed by atoms with Crippen LogP contribution >= 0.6 is 0 Å². The Morgan fingerprint density at radius 1 is 0.943 bits per heavy atom. The Morgan fingerprint density at radius 2 is 1.69 bits per heavy atom. The van der Waals surface area contributed by atoms with Crippen LogP contribution in [-0.2, 0) is 9.59 Å². The van der Waals surface area contributed by atoms with E-state index >= 15 is 0 Å². The lowest BCUT2D eigenvalue weighted by atomic mass is 9.95. The van der Waals surface area contributed by atoms with E-state index in [4.69, 9.17) is 4.74 Å². The van der Waals surface area contributed by atoms with Crippen molar-refractivity contribution in [1.82, 2.24) is 9.88 Å². The van der Waals surface area contributed by atoms with E-state index in [9.17, 15) is 9.59 Å². The van der Waals surface area contributed by atoms with Crippen LogP contribution < -0.4 is 15.0 Å². The van der Waals surface area contributed by atoms with E-state index in [1.54, 1.807) is 6.20 Å². The van der Waals surface area contributed by atoms with E-state index in [2.05, 4.69) is 15.2 Å². The van der Waals surface area contributed by atoms with Crippen LogP contribution in [0.15, 0.2) is 79.0 Å². The summed E-state index contributed by atoms with van der Waals surface area (Å²) in [4.78, 5) is 34.1. The van der Waals surface area contributed by atoms with Crippen LogP contribution in [0.2, 0.25) is 0 Å². The second kappa shape index (κ2) is 12.0. The van der Waals surface area contributed by atoms with Gasteiger partial charge in [-0.15, -0.1) is 0 Å². The topological polar surface area (TPSA) is 74.8 Å². The highest BCUT2D eigenvalue weighted by Gasteiger charge is 2.21. The zero-order chi connectivity index (χ0) is 24.5. The fourth-order valence-electron chi connectivity index (χ4n) is 4.28. The van der Waals surface area contributed by atoms with Gasteiger partial charge in [0.25, 0.3) is 5.91 Å². The molecule has 1 aliphatic heterocycles. The summed E-state index contributed by atoms with van der Waals surface area (Å²) in [5.74, 6) is 1.30. The van der Waals surface area contributed by atoms with Gasteiger partial charge in [0.15, 0.2) is 6.61 Å². The van der Waals surface area contributed by atoms with Crippen molar-refractivity contribution in [3.8, 4) is 5.75 Å². The number of ether oxygens (including phenoxy) is 1. The van der Waals surface area contributed by atoms with E-state index in [-0.39, 0.29) is 24.3 Å². The van der Waals surface area contributed by atoms with E-state index in [1.165, 1.54) is 0 Å². The summed E-state index contributed by atoms with van der Waals surface area (Å²) >= 11 is 0. The van der Waals surface area contributed by atoms with Gasteiger partial charge in [0.1, 0.15) is 11.6 Å². The zero-order valence-corrected chi connectivity index (χ0v) is 20.1. The summed E-state index contributed by atoms with van der Waals surface area (Å²) in [7, 11) is 0. The maximum atomic E-state index is 12.8. The van der Waals surface area contributed by atoms with Gasteiger partial charge in [0.2, 0.25) is 5.91 Å². The summed E-state index contributed by atoms with van der Waals surface area (Å²) in [6.45, 7) is 4.87. The van der Waals surface area contributed by atoms with E-state index in [0.29, 0.717) is 31.1 Å². The SMILES string of the molecule is CC[C@H](C(=O)Nc1ccc(N2CCCN(C(=O)COc3ccccc3)CC2)nc1)c1ccccc1. The average molecular weight is 473 g/mol. The lowest BCUT2D eigenvalue weighted by molar-refractivity contribution is -0.133.